The zero-order chi connectivity index (χ0) is 51.3. The minimum atomic E-state index is 0.568. The molecule has 5 heteroatoms. The molecule has 0 aliphatic carbocycles. The minimum absolute atomic E-state index is 0.568. The Labute approximate surface area is 448 Å². The Balaban J connectivity index is 0.955. The summed E-state index contributed by atoms with van der Waals surface area (Å²) in [5.74, 6) is 1.77. The van der Waals surface area contributed by atoms with Crippen LogP contribution in [-0.4, -0.2) is 19.5 Å². The minimum Gasteiger partial charge on any atom is -0.456 e. The van der Waals surface area contributed by atoms with Crippen LogP contribution in [0.25, 0.3) is 160 Å². The van der Waals surface area contributed by atoms with E-state index in [4.69, 9.17) is 19.4 Å². The van der Waals surface area contributed by atoms with Crippen molar-refractivity contribution in [2.24, 2.45) is 0 Å². The van der Waals surface area contributed by atoms with Crippen molar-refractivity contribution in [3.63, 3.8) is 0 Å². The lowest BCUT2D eigenvalue weighted by Crippen LogP contribution is -2.01. The van der Waals surface area contributed by atoms with Crippen molar-refractivity contribution < 1.29 is 4.42 Å². The van der Waals surface area contributed by atoms with Crippen LogP contribution in [0.15, 0.2) is 271 Å². The zero-order valence-electron chi connectivity index (χ0n) is 42.1. The fraction of sp³-hybridized carbons (Fsp3) is 0. The molecular weight excluding hydrogens is 949 g/mol. The summed E-state index contributed by atoms with van der Waals surface area (Å²) in [6, 6.07) is 95.5. The topological polar surface area (TPSA) is 56.7 Å². The van der Waals surface area contributed by atoms with Crippen molar-refractivity contribution in [2.75, 3.05) is 0 Å². The molecule has 5 nitrogen and oxygen atoms in total. The van der Waals surface area contributed by atoms with E-state index in [-0.39, 0.29) is 0 Å². The Bertz CT molecular complexity index is 5060. The summed E-state index contributed by atoms with van der Waals surface area (Å²) < 4.78 is 9.58. The van der Waals surface area contributed by atoms with Gasteiger partial charge in [-0.1, -0.05) is 231 Å². The molecule has 0 saturated carbocycles. The quantitative estimate of drug-likeness (QED) is 0.149. The van der Waals surface area contributed by atoms with Gasteiger partial charge in [-0.25, -0.2) is 15.0 Å². The molecule has 0 N–H and O–H groups in total. The van der Waals surface area contributed by atoms with Gasteiger partial charge in [0.15, 0.2) is 17.5 Å². The lowest BCUT2D eigenvalue weighted by atomic mass is 9.95. The highest BCUT2D eigenvalue weighted by molar-refractivity contribution is 6.22. The van der Waals surface area contributed by atoms with E-state index in [2.05, 4.69) is 247 Å². The first kappa shape index (κ1) is 43.9. The van der Waals surface area contributed by atoms with Gasteiger partial charge in [0.05, 0.1) is 16.7 Å². The Kier molecular flexibility index (Phi) is 9.87. The van der Waals surface area contributed by atoms with Gasteiger partial charge in [0.1, 0.15) is 11.2 Å². The second-order valence-corrected chi connectivity index (χ2v) is 20.3. The predicted molar refractivity (Wildman–Crippen MR) is 324 cm³/mol. The summed E-state index contributed by atoms with van der Waals surface area (Å²) in [5.41, 5.74) is 14.4. The van der Waals surface area contributed by atoms with E-state index in [1.54, 1.807) is 0 Å². The number of furan rings is 1. The molecule has 0 atom stereocenters. The smallest absolute Gasteiger partial charge is 0.164 e. The van der Waals surface area contributed by atoms with Crippen LogP contribution in [0.5, 0.6) is 0 Å². The highest BCUT2D eigenvalue weighted by Crippen LogP contribution is 2.46. The van der Waals surface area contributed by atoms with E-state index in [9.17, 15) is 0 Å². The number of hydrogen-bond acceptors (Lipinski definition) is 4. The number of benzene rings is 13. The maximum Gasteiger partial charge on any atom is 0.164 e. The van der Waals surface area contributed by atoms with E-state index in [1.807, 2.05) is 24.3 Å². The van der Waals surface area contributed by atoms with Gasteiger partial charge >= 0.3 is 0 Å². The first-order chi connectivity index (χ1) is 38.6. The van der Waals surface area contributed by atoms with Crippen LogP contribution in [0, 0.1) is 0 Å². The monoisotopic (exact) mass is 992 g/mol. The highest BCUT2D eigenvalue weighted by atomic mass is 16.3. The molecule has 16 aromatic rings. The number of rotatable bonds is 7. The van der Waals surface area contributed by atoms with Crippen molar-refractivity contribution in [1.82, 2.24) is 19.5 Å². The summed E-state index contributed by atoms with van der Waals surface area (Å²) in [7, 11) is 0. The van der Waals surface area contributed by atoms with Crippen LogP contribution in [0.2, 0.25) is 0 Å². The summed E-state index contributed by atoms with van der Waals surface area (Å²) in [4.78, 5) is 16.0. The molecule has 0 unspecified atom stereocenters. The standard InChI is InChI=1S/C73H44N4O/c1-3-16-45(17-4-1)46-30-32-47(33-31-46)48-34-36-50(37-35-48)61-43-64-68(44-66(61)77-65-42-53-22-8-7-21-52(53)40-62(65)59-39-38-49-18-9-12-25-56(49)70(59)77)78-67-29-15-28-60(69(64)67)72-74-71(51-19-5-2-6-20-51)75-73(76-72)63-41-54-23-10-11-24-55(54)57-26-13-14-27-58(57)63/h1-44H. The summed E-state index contributed by atoms with van der Waals surface area (Å²) in [6.07, 6.45) is 0. The van der Waals surface area contributed by atoms with Crippen molar-refractivity contribution in [1.29, 1.82) is 0 Å². The lowest BCUT2D eigenvalue weighted by Gasteiger charge is -2.16. The molecule has 16 rings (SSSR count). The molecule has 3 heterocycles. The number of aromatic nitrogens is 4. The van der Waals surface area contributed by atoms with Crippen molar-refractivity contribution in [3.8, 4) is 73.2 Å². The Hall–Kier alpha value is -10.5. The number of nitrogens with zero attached hydrogens (tertiary/aromatic N) is 4. The van der Waals surface area contributed by atoms with Gasteiger partial charge in [-0.15, -0.1) is 0 Å². The average molecular weight is 993 g/mol. The fourth-order valence-corrected chi connectivity index (χ4v) is 12.1. The second kappa shape index (κ2) is 17.6. The third-order valence-corrected chi connectivity index (χ3v) is 15.8. The van der Waals surface area contributed by atoms with E-state index >= 15 is 0 Å². The third kappa shape index (κ3) is 7.06. The van der Waals surface area contributed by atoms with E-state index in [0.717, 1.165) is 93.8 Å². The predicted octanol–water partition coefficient (Wildman–Crippen LogP) is 19.5. The molecule has 78 heavy (non-hydrogen) atoms. The maximum absolute atomic E-state index is 7.10. The first-order valence-corrected chi connectivity index (χ1v) is 26.5. The largest absolute Gasteiger partial charge is 0.456 e. The van der Waals surface area contributed by atoms with Crippen LogP contribution in [0.4, 0.5) is 0 Å². The van der Waals surface area contributed by atoms with Crippen LogP contribution < -0.4 is 0 Å². The van der Waals surface area contributed by atoms with Gasteiger partial charge in [0.2, 0.25) is 0 Å². The van der Waals surface area contributed by atoms with E-state index < -0.39 is 0 Å². The molecule has 0 amide bonds. The van der Waals surface area contributed by atoms with Crippen LogP contribution in [0.1, 0.15) is 0 Å². The molecule has 0 saturated heterocycles. The fourth-order valence-electron chi connectivity index (χ4n) is 12.1. The van der Waals surface area contributed by atoms with Gasteiger partial charge in [0.25, 0.3) is 0 Å². The van der Waals surface area contributed by atoms with Crippen molar-refractivity contribution in [2.45, 2.75) is 0 Å². The summed E-state index contributed by atoms with van der Waals surface area (Å²) in [5, 5.41) is 13.6. The molecule has 362 valence electrons. The normalized spacial score (nSPS) is 11.8. The van der Waals surface area contributed by atoms with Crippen LogP contribution in [0.3, 0.4) is 0 Å². The van der Waals surface area contributed by atoms with Gasteiger partial charge in [0, 0.05) is 55.3 Å². The molecule has 0 radical (unpaired) electrons. The molecule has 0 fully saturated rings. The Morgan fingerprint density at radius 1 is 0.269 bits per heavy atom. The van der Waals surface area contributed by atoms with Gasteiger partial charge in [-0.05, 0) is 95.9 Å². The Morgan fingerprint density at radius 3 is 1.54 bits per heavy atom. The Morgan fingerprint density at radius 2 is 0.821 bits per heavy atom. The molecule has 3 aromatic heterocycles. The molecule has 0 bridgehead atoms. The summed E-state index contributed by atoms with van der Waals surface area (Å²) >= 11 is 0. The number of fused-ring (bicyclic) bond motifs is 12. The van der Waals surface area contributed by atoms with Gasteiger partial charge in [-0.3, -0.25) is 0 Å². The molecule has 0 spiro atoms. The first-order valence-electron chi connectivity index (χ1n) is 26.5. The number of hydrogen-bond donors (Lipinski definition) is 0. The van der Waals surface area contributed by atoms with Gasteiger partial charge < -0.3 is 8.98 Å². The molecule has 13 aromatic carbocycles. The summed E-state index contributed by atoms with van der Waals surface area (Å²) in [6.45, 7) is 0. The van der Waals surface area contributed by atoms with E-state index in [0.29, 0.717) is 17.5 Å². The molecule has 0 aliphatic heterocycles. The molecular formula is C73H44N4O. The van der Waals surface area contributed by atoms with Crippen molar-refractivity contribution in [3.05, 3.63) is 267 Å². The van der Waals surface area contributed by atoms with Crippen molar-refractivity contribution >= 4 is 86.8 Å². The van der Waals surface area contributed by atoms with Crippen LogP contribution >= 0.6 is 0 Å². The highest BCUT2D eigenvalue weighted by Gasteiger charge is 2.24. The third-order valence-electron chi connectivity index (χ3n) is 15.8. The molecule has 0 aliphatic rings. The van der Waals surface area contributed by atoms with Gasteiger partial charge in [-0.2, -0.15) is 0 Å². The van der Waals surface area contributed by atoms with Crippen LogP contribution in [-0.2, 0) is 0 Å². The average Bonchev–Trinajstić information content (AvgIpc) is 4.22. The zero-order valence-corrected chi connectivity index (χ0v) is 42.1. The van der Waals surface area contributed by atoms with E-state index in [1.165, 1.54) is 48.8 Å². The second-order valence-electron chi connectivity index (χ2n) is 20.3. The SMILES string of the molecule is c1ccc(-c2ccc(-c3ccc(-c4cc5c(cc4-n4c6cc7ccccc7cc6c6ccc7ccccc7c64)oc4cccc(-c6nc(-c7ccccc7)nc(-c7cc8ccccc8c8ccccc78)n6)c45)cc3)cc2)cc1. The maximum atomic E-state index is 7.10. The lowest BCUT2D eigenvalue weighted by molar-refractivity contribution is 0.668.